The summed E-state index contributed by atoms with van der Waals surface area (Å²) >= 11 is 0. The van der Waals surface area contributed by atoms with Gasteiger partial charge in [-0.2, -0.15) is 0 Å². The zero-order valence-corrected chi connectivity index (χ0v) is 13.8. The molecule has 1 N–H and O–H groups in total. The summed E-state index contributed by atoms with van der Waals surface area (Å²) in [5.41, 5.74) is 2.65. The Morgan fingerprint density at radius 3 is 2.96 bits per heavy atom. The van der Waals surface area contributed by atoms with Crippen LogP contribution in [-0.2, 0) is 23.1 Å². The highest BCUT2D eigenvalue weighted by atomic mass is 32.2. The molecule has 1 aliphatic rings. The van der Waals surface area contributed by atoms with E-state index in [2.05, 4.69) is 26.1 Å². The Morgan fingerprint density at radius 1 is 1.25 bits per heavy atom. The molecule has 3 aromatic rings. The number of hydrogen-bond acceptors (Lipinski definition) is 5. The maximum absolute atomic E-state index is 11.8. The van der Waals surface area contributed by atoms with E-state index < -0.39 is 10.0 Å². The van der Waals surface area contributed by atoms with E-state index >= 15 is 0 Å². The SMILES string of the molecule is O=S(=O)(NCc1cn(Cc2ccc3ncccc3c2)nn1)C1CC1. The monoisotopic (exact) mass is 343 g/mol. The van der Waals surface area contributed by atoms with Gasteiger partial charge in [-0.25, -0.2) is 17.8 Å². The van der Waals surface area contributed by atoms with Crippen LogP contribution in [0, 0.1) is 0 Å². The van der Waals surface area contributed by atoms with Crippen LogP contribution in [-0.4, -0.2) is 33.6 Å². The minimum absolute atomic E-state index is 0.181. The van der Waals surface area contributed by atoms with Crippen molar-refractivity contribution in [3.8, 4) is 0 Å². The fourth-order valence-corrected chi connectivity index (χ4v) is 3.92. The van der Waals surface area contributed by atoms with Crippen LogP contribution in [0.4, 0.5) is 0 Å². The van der Waals surface area contributed by atoms with Crippen LogP contribution >= 0.6 is 0 Å². The zero-order valence-electron chi connectivity index (χ0n) is 13.0. The second kappa shape index (κ2) is 5.95. The van der Waals surface area contributed by atoms with Gasteiger partial charge in [0, 0.05) is 11.6 Å². The van der Waals surface area contributed by atoms with E-state index in [0.29, 0.717) is 12.2 Å². The van der Waals surface area contributed by atoms with Gasteiger partial charge in [-0.3, -0.25) is 4.98 Å². The van der Waals surface area contributed by atoms with E-state index in [-0.39, 0.29) is 11.8 Å². The Morgan fingerprint density at radius 2 is 2.12 bits per heavy atom. The molecule has 0 unspecified atom stereocenters. The van der Waals surface area contributed by atoms with Crippen molar-refractivity contribution in [1.82, 2.24) is 24.7 Å². The van der Waals surface area contributed by atoms with Crippen LogP contribution in [0.25, 0.3) is 10.9 Å². The molecule has 1 aliphatic carbocycles. The van der Waals surface area contributed by atoms with E-state index in [1.54, 1.807) is 17.1 Å². The Hall–Kier alpha value is -2.32. The van der Waals surface area contributed by atoms with Crippen LogP contribution in [0.2, 0.25) is 0 Å². The highest BCUT2D eigenvalue weighted by Gasteiger charge is 2.35. The highest BCUT2D eigenvalue weighted by Crippen LogP contribution is 2.27. The van der Waals surface area contributed by atoms with E-state index in [4.69, 9.17) is 0 Å². The Bertz CT molecular complexity index is 979. The lowest BCUT2D eigenvalue weighted by atomic mass is 10.1. The summed E-state index contributed by atoms with van der Waals surface area (Å²) in [6, 6.07) is 9.98. The van der Waals surface area contributed by atoms with Crippen LogP contribution in [0.5, 0.6) is 0 Å². The third kappa shape index (κ3) is 3.29. The van der Waals surface area contributed by atoms with Crippen molar-refractivity contribution in [3.05, 3.63) is 54.0 Å². The van der Waals surface area contributed by atoms with Crippen molar-refractivity contribution in [2.45, 2.75) is 31.2 Å². The van der Waals surface area contributed by atoms with Crippen molar-refractivity contribution in [1.29, 1.82) is 0 Å². The van der Waals surface area contributed by atoms with E-state index in [0.717, 1.165) is 29.3 Å². The van der Waals surface area contributed by atoms with Crippen LogP contribution in [0.15, 0.2) is 42.7 Å². The number of nitrogens with zero attached hydrogens (tertiary/aromatic N) is 4. The Balaban J connectivity index is 1.44. The summed E-state index contributed by atoms with van der Waals surface area (Å²) in [6.07, 6.45) is 5.04. The number of hydrogen-bond donors (Lipinski definition) is 1. The summed E-state index contributed by atoms with van der Waals surface area (Å²) < 4.78 is 27.9. The molecule has 2 aromatic heterocycles. The molecule has 0 spiro atoms. The van der Waals surface area contributed by atoms with Gasteiger partial charge in [0.05, 0.1) is 35.7 Å². The van der Waals surface area contributed by atoms with Gasteiger partial charge >= 0.3 is 0 Å². The lowest BCUT2D eigenvalue weighted by Crippen LogP contribution is -2.26. The van der Waals surface area contributed by atoms with Gasteiger partial charge < -0.3 is 0 Å². The first-order valence-corrected chi connectivity index (χ1v) is 9.36. The van der Waals surface area contributed by atoms with Crippen LogP contribution in [0.1, 0.15) is 24.1 Å². The van der Waals surface area contributed by atoms with Gasteiger partial charge in [0.15, 0.2) is 0 Å². The van der Waals surface area contributed by atoms with Crippen molar-refractivity contribution < 1.29 is 8.42 Å². The molecule has 0 atom stereocenters. The third-order valence-electron chi connectivity index (χ3n) is 4.02. The Kier molecular flexibility index (Phi) is 3.78. The Labute approximate surface area is 139 Å². The molecule has 0 aliphatic heterocycles. The van der Waals surface area contributed by atoms with E-state index in [9.17, 15) is 8.42 Å². The molecule has 2 heterocycles. The maximum atomic E-state index is 11.8. The topological polar surface area (TPSA) is 89.8 Å². The fourth-order valence-electron chi connectivity index (χ4n) is 2.58. The largest absolute Gasteiger partial charge is 0.256 e. The predicted octanol–water partition coefficient (Wildman–Crippen LogP) is 1.46. The van der Waals surface area contributed by atoms with E-state index in [1.807, 2.05) is 24.3 Å². The number of benzene rings is 1. The maximum Gasteiger partial charge on any atom is 0.214 e. The van der Waals surface area contributed by atoms with Gasteiger partial charge in [0.25, 0.3) is 0 Å². The molecule has 1 saturated carbocycles. The molecule has 0 bridgehead atoms. The van der Waals surface area contributed by atoms with Gasteiger partial charge in [-0.1, -0.05) is 17.3 Å². The highest BCUT2D eigenvalue weighted by molar-refractivity contribution is 7.90. The van der Waals surface area contributed by atoms with Crippen molar-refractivity contribution in [2.24, 2.45) is 0 Å². The molecule has 0 radical (unpaired) electrons. The quantitative estimate of drug-likeness (QED) is 0.732. The molecule has 4 rings (SSSR count). The smallest absolute Gasteiger partial charge is 0.214 e. The first-order chi connectivity index (χ1) is 11.6. The fraction of sp³-hybridized carbons (Fsp3) is 0.312. The lowest BCUT2D eigenvalue weighted by molar-refractivity contribution is 0.579. The third-order valence-corrected chi connectivity index (χ3v) is 5.91. The first-order valence-electron chi connectivity index (χ1n) is 7.81. The summed E-state index contributed by atoms with van der Waals surface area (Å²) in [6.45, 7) is 0.758. The summed E-state index contributed by atoms with van der Waals surface area (Å²) in [5.74, 6) is 0. The minimum Gasteiger partial charge on any atom is -0.256 e. The molecular weight excluding hydrogens is 326 g/mol. The van der Waals surface area contributed by atoms with Crippen molar-refractivity contribution in [2.75, 3.05) is 0 Å². The van der Waals surface area contributed by atoms with Gasteiger partial charge in [-0.15, -0.1) is 5.10 Å². The summed E-state index contributed by atoms with van der Waals surface area (Å²) in [4.78, 5) is 4.30. The minimum atomic E-state index is -3.19. The van der Waals surface area contributed by atoms with Crippen molar-refractivity contribution >= 4 is 20.9 Å². The zero-order chi connectivity index (χ0) is 16.6. The summed E-state index contributed by atoms with van der Waals surface area (Å²) in [5, 5.41) is 8.95. The molecule has 7 nitrogen and oxygen atoms in total. The average Bonchev–Trinajstić information content (AvgIpc) is 3.35. The van der Waals surface area contributed by atoms with Gasteiger partial charge in [0.2, 0.25) is 10.0 Å². The summed E-state index contributed by atoms with van der Waals surface area (Å²) in [7, 11) is -3.19. The predicted molar refractivity (Wildman–Crippen MR) is 89.6 cm³/mol. The molecule has 1 aromatic carbocycles. The number of sulfonamides is 1. The molecule has 24 heavy (non-hydrogen) atoms. The number of rotatable bonds is 6. The lowest BCUT2D eigenvalue weighted by Gasteiger charge is -2.03. The van der Waals surface area contributed by atoms with Crippen LogP contribution < -0.4 is 4.72 Å². The second-order valence-corrected chi connectivity index (χ2v) is 8.05. The molecule has 0 amide bonds. The van der Waals surface area contributed by atoms with Gasteiger partial charge in [0.1, 0.15) is 0 Å². The normalized spacial score (nSPS) is 15.0. The number of nitrogens with one attached hydrogen (secondary N) is 1. The van der Waals surface area contributed by atoms with Gasteiger partial charge in [-0.05, 0) is 36.6 Å². The van der Waals surface area contributed by atoms with Crippen molar-refractivity contribution in [3.63, 3.8) is 0 Å². The number of aromatic nitrogens is 4. The second-order valence-electron chi connectivity index (χ2n) is 6.00. The first kappa shape index (κ1) is 15.2. The molecular formula is C16H17N5O2S. The standard InChI is InChI=1S/C16H17N5O2S/c22-24(23,15-4-5-15)18-9-14-11-21(20-19-14)10-12-3-6-16-13(8-12)2-1-7-17-16/h1-3,6-8,11,15,18H,4-5,9-10H2. The molecule has 1 fully saturated rings. The number of pyridine rings is 1. The van der Waals surface area contributed by atoms with E-state index in [1.165, 1.54) is 0 Å². The molecule has 8 heteroatoms. The molecule has 0 saturated heterocycles. The average molecular weight is 343 g/mol. The molecule has 124 valence electrons. The van der Waals surface area contributed by atoms with Crippen LogP contribution in [0.3, 0.4) is 0 Å². The number of fused-ring (bicyclic) bond motifs is 1.